The van der Waals surface area contributed by atoms with Crippen LogP contribution in [0.2, 0.25) is 5.02 Å². The predicted octanol–water partition coefficient (Wildman–Crippen LogP) is 2.44. The Morgan fingerprint density at radius 1 is 1.17 bits per heavy atom. The molecule has 0 radical (unpaired) electrons. The lowest BCUT2D eigenvalue weighted by atomic mass is 10.1. The van der Waals surface area contributed by atoms with Crippen molar-refractivity contribution >= 4 is 34.8 Å². The van der Waals surface area contributed by atoms with Crippen LogP contribution in [0.3, 0.4) is 0 Å². The second-order valence-electron chi connectivity index (χ2n) is 5.52. The van der Waals surface area contributed by atoms with Crippen molar-refractivity contribution < 1.29 is 9.59 Å². The van der Waals surface area contributed by atoms with Gasteiger partial charge in [-0.25, -0.2) is 0 Å². The zero-order valence-corrected chi connectivity index (χ0v) is 15.2. The van der Waals surface area contributed by atoms with E-state index in [9.17, 15) is 9.59 Å². The Bertz CT molecular complexity index is 689. The van der Waals surface area contributed by atoms with Crippen molar-refractivity contribution in [3.8, 4) is 0 Å². The summed E-state index contributed by atoms with van der Waals surface area (Å²) >= 11 is 7.63. The van der Waals surface area contributed by atoms with Gasteiger partial charge in [0.2, 0.25) is 0 Å². The number of likely N-dealkylation sites (N-methyl/N-ethyl adjacent to an activating group) is 1. The molecule has 0 saturated heterocycles. The number of hydrogen-bond acceptors (Lipinski definition) is 4. The normalized spacial score (nSPS) is 12.0. The fourth-order valence-corrected chi connectivity index (χ4v) is 3.14. The summed E-state index contributed by atoms with van der Waals surface area (Å²) in [5.74, 6) is -1.32. The van der Waals surface area contributed by atoms with Crippen molar-refractivity contribution in [2.24, 2.45) is 0 Å². The van der Waals surface area contributed by atoms with E-state index in [1.807, 2.05) is 48.0 Å². The van der Waals surface area contributed by atoms with Crippen LogP contribution < -0.4 is 10.6 Å². The number of carbonyl (C=O) groups excluding carboxylic acids is 2. The molecule has 2 rings (SSSR count). The number of halogens is 1. The maximum Gasteiger partial charge on any atom is 0.309 e. The molecule has 128 valence electrons. The second-order valence-corrected chi connectivity index (χ2v) is 6.71. The number of thiophene rings is 1. The summed E-state index contributed by atoms with van der Waals surface area (Å²) in [4.78, 5) is 25.9. The third-order valence-corrected chi connectivity index (χ3v) is 4.68. The number of nitrogens with one attached hydrogen (secondary N) is 2. The van der Waals surface area contributed by atoms with Crippen LogP contribution >= 0.6 is 22.9 Å². The van der Waals surface area contributed by atoms with Gasteiger partial charge in [0.15, 0.2) is 0 Å². The predicted molar refractivity (Wildman–Crippen MR) is 97.1 cm³/mol. The average molecular weight is 366 g/mol. The van der Waals surface area contributed by atoms with Crippen LogP contribution in [-0.4, -0.2) is 37.4 Å². The topological polar surface area (TPSA) is 61.4 Å². The SMILES string of the molecule is CN(C)[C@@H](CNC(=O)C(=O)NCc1ccccc1Cl)c1ccsc1. The van der Waals surface area contributed by atoms with Gasteiger partial charge in [0.1, 0.15) is 0 Å². The molecule has 0 aliphatic carbocycles. The molecular weight excluding hydrogens is 346 g/mol. The van der Waals surface area contributed by atoms with Gasteiger partial charge in [-0.2, -0.15) is 11.3 Å². The Labute approximate surface area is 150 Å². The van der Waals surface area contributed by atoms with E-state index in [0.717, 1.165) is 11.1 Å². The van der Waals surface area contributed by atoms with Crippen LogP contribution in [0.1, 0.15) is 17.2 Å². The first kappa shape index (κ1) is 18.4. The Kier molecular flexibility index (Phi) is 6.78. The van der Waals surface area contributed by atoms with Crippen molar-refractivity contribution in [2.45, 2.75) is 12.6 Å². The van der Waals surface area contributed by atoms with Crippen LogP contribution in [-0.2, 0) is 16.1 Å². The van der Waals surface area contributed by atoms with Gasteiger partial charge in [-0.05, 0) is 48.1 Å². The van der Waals surface area contributed by atoms with E-state index in [1.54, 1.807) is 23.5 Å². The van der Waals surface area contributed by atoms with Crippen molar-refractivity contribution in [3.05, 3.63) is 57.2 Å². The first-order chi connectivity index (χ1) is 11.5. The molecule has 2 amide bonds. The highest BCUT2D eigenvalue weighted by atomic mass is 35.5. The molecule has 0 spiro atoms. The highest BCUT2D eigenvalue weighted by Gasteiger charge is 2.19. The van der Waals surface area contributed by atoms with Crippen LogP contribution in [0.25, 0.3) is 0 Å². The molecule has 1 atom stereocenters. The molecular formula is C17H20ClN3O2S. The molecule has 0 fully saturated rings. The molecule has 0 bridgehead atoms. The van der Waals surface area contributed by atoms with E-state index in [4.69, 9.17) is 11.6 Å². The lowest BCUT2D eigenvalue weighted by Crippen LogP contribution is -2.42. The maximum absolute atomic E-state index is 12.0. The second kappa shape index (κ2) is 8.82. The smallest absolute Gasteiger partial charge is 0.309 e. The minimum Gasteiger partial charge on any atom is -0.346 e. The largest absolute Gasteiger partial charge is 0.346 e. The Morgan fingerprint density at radius 2 is 1.88 bits per heavy atom. The summed E-state index contributed by atoms with van der Waals surface area (Å²) < 4.78 is 0. The van der Waals surface area contributed by atoms with Crippen LogP contribution in [0.4, 0.5) is 0 Å². The minimum atomic E-state index is -0.669. The van der Waals surface area contributed by atoms with Gasteiger partial charge in [0, 0.05) is 18.1 Å². The number of carbonyl (C=O) groups is 2. The van der Waals surface area contributed by atoms with E-state index >= 15 is 0 Å². The van der Waals surface area contributed by atoms with E-state index in [-0.39, 0.29) is 12.6 Å². The maximum atomic E-state index is 12.0. The summed E-state index contributed by atoms with van der Waals surface area (Å²) in [5.41, 5.74) is 1.88. The zero-order chi connectivity index (χ0) is 17.5. The summed E-state index contributed by atoms with van der Waals surface area (Å²) in [7, 11) is 3.87. The summed E-state index contributed by atoms with van der Waals surface area (Å²) in [6.07, 6.45) is 0. The van der Waals surface area contributed by atoms with Gasteiger partial charge in [-0.3, -0.25) is 9.59 Å². The molecule has 0 unspecified atom stereocenters. The van der Waals surface area contributed by atoms with E-state index in [0.29, 0.717) is 11.6 Å². The molecule has 1 aromatic heterocycles. The first-order valence-electron chi connectivity index (χ1n) is 7.47. The molecule has 1 aromatic carbocycles. The molecule has 1 heterocycles. The highest BCUT2D eigenvalue weighted by Crippen LogP contribution is 2.19. The quantitative estimate of drug-likeness (QED) is 0.773. The highest BCUT2D eigenvalue weighted by molar-refractivity contribution is 7.07. The first-order valence-corrected chi connectivity index (χ1v) is 8.79. The van der Waals surface area contributed by atoms with Crippen LogP contribution in [0, 0.1) is 0 Å². The monoisotopic (exact) mass is 365 g/mol. The summed E-state index contributed by atoms with van der Waals surface area (Å²) in [6.45, 7) is 0.579. The fourth-order valence-electron chi connectivity index (χ4n) is 2.23. The number of nitrogens with zero attached hydrogens (tertiary/aromatic N) is 1. The van der Waals surface area contributed by atoms with Crippen molar-refractivity contribution in [1.29, 1.82) is 0 Å². The van der Waals surface area contributed by atoms with Crippen LogP contribution in [0.15, 0.2) is 41.1 Å². The van der Waals surface area contributed by atoms with E-state index in [2.05, 4.69) is 10.6 Å². The van der Waals surface area contributed by atoms with Crippen molar-refractivity contribution in [1.82, 2.24) is 15.5 Å². The van der Waals surface area contributed by atoms with E-state index < -0.39 is 11.8 Å². The average Bonchev–Trinajstić information content (AvgIpc) is 3.07. The lowest BCUT2D eigenvalue weighted by molar-refractivity contribution is -0.139. The van der Waals surface area contributed by atoms with Gasteiger partial charge >= 0.3 is 11.8 Å². The summed E-state index contributed by atoms with van der Waals surface area (Å²) in [5, 5.41) is 9.85. The van der Waals surface area contributed by atoms with Crippen LogP contribution in [0.5, 0.6) is 0 Å². The molecule has 7 heteroatoms. The summed E-state index contributed by atoms with van der Waals surface area (Å²) in [6, 6.07) is 9.22. The van der Waals surface area contributed by atoms with Crippen molar-refractivity contribution in [3.63, 3.8) is 0 Å². The molecule has 0 aliphatic heterocycles. The van der Waals surface area contributed by atoms with E-state index in [1.165, 1.54) is 0 Å². The minimum absolute atomic E-state index is 0.0246. The van der Waals surface area contributed by atoms with Crippen molar-refractivity contribution in [2.75, 3.05) is 20.6 Å². The van der Waals surface area contributed by atoms with Gasteiger partial charge < -0.3 is 15.5 Å². The molecule has 0 saturated carbocycles. The number of hydrogen-bond donors (Lipinski definition) is 2. The fraction of sp³-hybridized carbons (Fsp3) is 0.294. The van der Waals surface area contributed by atoms with Gasteiger partial charge in [-0.1, -0.05) is 29.8 Å². The molecule has 2 N–H and O–H groups in total. The Morgan fingerprint density at radius 3 is 2.50 bits per heavy atom. The van der Waals surface area contributed by atoms with Gasteiger partial charge in [0.05, 0.1) is 6.04 Å². The Balaban J connectivity index is 1.85. The zero-order valence-electron chi connectivity index (χ0n) is 13.6. The number of benzene rings is 1. The molecule has 5 nitrogen and oxygen atoms in total. The van der Waals surface area contributed by atoms with Gasteiger partial charge in [-0.15, -0.1) is 0 Å². The molecule has 0 aliphatic rings. The number of rotatable bonds is 6. The van der Waals surface area contributed by atoms with Gasteiger partial charge in [0.25, 0.3) is 0 Å². The molecule has 2 aromatic rings. The number of amides is 2. The Hall–Kier alpha value is -1.89. The standard InChI is InChI=1S/C17H20ClN3O2S/c1-21(2)15(13-7-8-24-11-13)10-20-17(23)16(22)19-9-12-5-3-4-6-14(12)18/h3-8,11,15H,9-10H2,1-2H3,(H,19,22)(H,20,23)/t15-/m0/s1. The third-order valence-electron chi connectivity index (χ3n) is 3.61. The lowest BCUT2D eigenvalue weighted by Gasteiger charge is -2.23. The third kappa shape index (κ3) is 5.06. The molecule has 24 heavy (non-hydrogen) atoms.